The van der Waals surface area contributed by atoms with Crippen molar-refractivity contribution < 1.29 is 14.4 Å². The standard InChI is InChI=1S/C22H23N5O3S2/c1-5-22(15-9-7-6-8-10-15)20(29)27(21(30)25-22)26-16(28)11-31-18-17-12(2)13(3)32-19(17)24-14(4)23-18/h6-10H,5,11H2,1-4H3,(H,25,30)(H,26,28). The lowest BCUT2D eigenvalue weighted by atomic mass is 9.87. The Hall–Kier alpha value is -2.98. The van der Waals surface area contributed by atoms with Crippen molar-refractivity contribution in [1.29, 1.82) is 0 Å². The molecule has 166 valence electrons. The third-order valence-electron chi connectivity index (χ3n) is 5.57. The molecule has 4 amide bonds. The van der Waals surface area contributed by atoms with Crippen molar-refractivity contribution in [2.24, 2.45) is 0 Å². The zero-order chi connectivity index (χ0) is 23.0. The smallest absolute Gasteiger partial charge is 0.318 e. The molecule has 1 atom stereocenters. The summed E-state index contributed by atoms with van der Waals surface area (Å²) in [6.45, 7) is 7.68. The second kappa shape index (κ2) is 8.51. The number of aryl methyl sites for hydroxylation is 3. The summed E-state index contributed by atoms with van der Waals surface area (Å²) >= 11 is 2.86. The molecule has 0 spiro atoms. The van der Waals surface area contributed by atoms with E-state index < -0.39 is 23.4 Å². The van der Waals surface area contributed by atoms with Crippen LogP contribution in [-0.4, -0.2) is 38.6 Å². The van der Waals surface area contributed by atoms with Crippen LogP contribution in [0.2, 0.25) is 0 Å². The van der Waals surface area contributed by atoms with Crippen molar-refractivity contribution in [3.05, 3.63) is 52.2 Å². The van der Waals surface area contributed by atoms with Gasteiger partial charge >= 0.3 is 6.03 Å². The number of carbonyl (C=O) groups excluding carboxylic acids is 3. The zero-order valence-corrected chi connectivity index (χ0v) is 19.8. The number of benzene rings is 1. The van der Waals surface area contributed by atoms with Crippen LogP contribution in [-0.2, 0) is 15.1 Å². The number of thioether (sulfide) groups is 1. The zero-order valence-electron chi connectivity index (χ0n) is 18.2. The van der Waals surface area contributed by atoms with Crippen LogP contribution < -0.4 is 10.7 Å². The second-order valence-electron chi connectivity index (χ2n) is 7.56. The third-order valence-corrected chi connectivity index (χ3v) is 7.65. The summed E-state index contributed by atoms with van der Waals surface area (Å²) in [6, 6.07) is 8.38. The van der Waals surface area contributed by atoms with E-state index in [0.29, 0.717) is 22.8 Å². The number of hydrogen-bond acceptors (Lipinski definition) is 7. The largest absolute Gasteiger partial charge is 0.344 e. The lowest BCUT2D eigenvalue weighted by Crippen LogP contribution is -2.49. The Morgan fingerprint density at radius 2 is 1.91 bits per heavy atom. The van der Waals surface area contributed by atoms with Crippen molar-refractivity contribution in [1.82, 2.24) is 25.7 Å². The second-order valence-corrected chi connectivity index (χ2v) is 9.73. The molecule has 1 fully saturated rings. The summed E-state index contributed by atoms with van der Waals surface area (Å²) in [5, 5.41) is 5.19. The highest BCUT2D eigenvalue weighted by Gasteiger charge is 2.52. The summed E-state index contributed by atoms with van der Waals surface area (Å²) in [4.78, 5) is 49.4. The van der Waals surface area contributed by atoms with Gasteiger partial charge in [0.05, 0.1) is 5.75 Å². The number of fused-ring (bicyclic) bond motifs is 1. The van der Waals surface area contributed by atoms with Gasteiger partial charge in [0.25, 0.3) is 5.91 Å². The molecule has 0 bridgehead atoms. The van der Waals surface area contributed by atoms with Gasteiger partial charge in [-0.1, -0.05) is 49.0 Å². The number of nitrogens with zero attached hydrogens (tertiary/aromatic N) is 3. The van der Waals surface area contributed by atoms with Crippen molar-refractivity contribution >= 4 is 51.2 Å². The average molecular weight is 470 g/mol. The van der Waals surface area contributed by atoms with E-state index in [1.54, 1.807) is 23.5 Å². The van der Waals surface area contributed by atoms with Crippen LogP contribution in [0.4, 0.5) is 4.79 Å². The number of thiophene rings is 1. The first-order chi connectivity index (χ1) is 15.3. The molecule has 1 aliphatic rings. The van der Waals surface area contributed by atoms with Gasteiger partial charge in [0.15, 0.2) is 0 Å². The van der Waals surface area contributed by atoms with Crippen LogP contribution in [0.3, 0.4) is 0 Å². The number of amides is 4. The van der Waals surface area contributed by atoms with Gasteiger partial charge in [0, 0.05) is 10.3 Å². The van der Waals surface area contributed by atoms with E-state index in [1.807, 2.05) is 45.9 Å². The monoisotopic (exact) mass is 469 g/mol. The van der Waals surface area contributed by atoms with Gasteiger partial charge in [-0.25, -0.2) is 14.8 Å². The average Bonchev–Trinajstić information content (AvgIpc) is 3.20. The van der Waals surface area contributed by atoms with Crippen LogP contribution in [0.1, 0.15) is 35.2 Å². The Bertz CT molecular complexity index is 1230. The van der Waals surface area contributed by atoms with E-state index in [-0.39, 0.29) is 5.75 Å². The van der Waals surface area contributed by atoms with E-state index in [0.717, 1.165) is 25.7 Å². The summed E-state index contributed by atoms with van der Waals surface area (Å²) in [5.74, 6) is -0.334. The number of imide groups is 1. The predicted octanol–water partition coefficient (Wildman–Crippen LogP) is 3.60. The molecule has 4 rings (SSSR count). The Balaban J connectivity index is 1.50. The molecule has 1 aliphatic heterocycles. The van der Waals surface area contributed by atoms with E-state index in [1.165, 1.54) is 11.8 Å². The molecule has 32 heavy (non-hydrogen) atoms. The Morgan fingerprint density at radius 1 is 1.19 bits per heavy atom. The van der Waals surface area contributed by atoms with Gasteiger partial charge in [0.2, 0.25) is 5.91 Å². The molecule has 3 heterocycles. The summed E-state index contributed by atoms with van der Waals surface area (Å²) in [7, 11) is 0. The molecule has 2 aromatic heterocycles. The molecule has 8 nitrogen and oxygen atoms in total. The number of urea groups is 1. The van der Waals surface area contributed by atoms with Gasteiger partial charge in [-0.3, -0.25) is 15.0 Å². The molecular formula is C22H23N5O3S2. The minimum Gasteiger partial charge on any atom is -0.318 e. The SMILES string of the molecule is CCC1(c2ccccc2)NC(=O)N(NC(=O)CSc2nc(C)nc3sc(C)c(C)c23)C1=O. The minimum atomic E-state index is -1.19. The van der Waals surface area contributed by atoms with E-state index in [4.69, 9.17) is 0 Å². The van der Waals surface area contributed by atoms with Gasteiger partial charge in [0.1, 0.15) is 21.2 Å². The molecule has 3 aromatic rings. The number of rotatable bonds is 6. The Morgan fingerprint density at radius 3 is 2.59 bits per heavy atom. The predicted molar refractivity (Wildman–Crippen MR) is 124 cm³/mol. The number of nitrogens with one attached hydrogen (secondary N) is 2. The summed E-state index contributed by atoms with van der Waals surface area (Å²) in [6.07, 6.45) is 0.359. The third kappa shape index (κ3) is 3.73. The van der Waals surface area contributed by atoms with Gasteiger partial charge in [-0.2, -0.15) is 5.01 Å². The van der Waals surface area contributed by atoms with Crippen LogP contribution >= 0.6 is 23.1 Å². The van der Waals surface area contributed by atoms with E-state index >= 15 is 0 Å². The van der Waals surface area contributed by atoms with Gasteiger partial charge < -0.3 is 5.32 Å². The number of hydrogen-bond donors (Lipinski definition) is 2. The quantitative estimate of drug-likeness (QED) is 0.325. The van der Waals surface area contributed by atoms with Crippen LogP contribution in [0.15, 0.2) is 35.4 Å². The van der Waals surface area contributed by atoms with E-state index in [9.17, 15) is 14.4 Å². The normalized spacial score (nSPS) is 18.3. The minimum absolute atomic E-state index is 0.00140. The fraction of sp³-hybridized carbons (Fsp3) is 0.318. The highest BCUT2D eigenvalue weighted by atomic mass is 32.2. The summed E-state index contributed by atoms with van der Waals surface area (Å²) < 4.78 is 0. The van der Waals surface area contributed by atoms with Gasteiger partial charge in [-0.15, -0.1) is 11.3 Å². The molecule has 0 aliphatic carbocycles. The maximum atomic E-state index is 13.1. The van der Waals surface area contributed by atoms with Crippen molar-refractivity contribution in [3.63, 3.8) is 0 Å². The first kappa shape index (κ1) is 22.2. The van der Waals surface area contributed by atoms with Gasteiger partial charge in [-0.05, 0) is 38.3 Å². The fourth-order valence-corrected chi connectivity index (χ4v) is 5.81. The highest BCUT2D eigenvalue weighted by molar-refractivity contribution is 8.00. The number of hydrazine groups is 1. The maximum Gasteiger partial charge on any atom is 0.344 e. The molecule has 0 saturated carbocycles. The molecule has 1 unspecified atom stereocenters. The lowest BCUT2D eigenvalue weighted by molar-refractivity contribution is -0.138. The first-order valence-corrected chi connectivity index (χ1v) is 12.0. The van der Waals surface area contributed by atoms with Crippen molar-refractivity contribution in [2.45, 2.75) is 44.7 Å². The van der Waals surface area contributed by atoms with Crippen molar-refractivity contribution in [3.8, 4) is 0 Å². The topological polar surface area (TPSA) is 104 Å². The molecular weight excluding hydrogens is 446 g/mol. The molecule has 0 radical (unpaired) electrons. The molecule has 2 N–H and O–H groups in total. The Labute approximate surface area is 193 Å². The molecule has 1 saturated heterocycles. The highest BCUT2D eigenvalue weighted by Crippen LogP contribution is 2.35. The summed E-state index contributed by atoms with van der Waals surface area (Å²) in [5.41, 5.74) is 3.04. The van der Waals surface area contributed by atoms with Crippen LogP contribution in [0, 0.1) is 20.8 Å². The maximum absolute atomic E-state index is 13.1. The van der Waals surface area contributed by atoms with E-state index in [2.05, 4.69) is 20.7 Å². The Kier molecular flexibility index (Phi) is 5.91. The molecule has 1 aromatic carbocycles. The van der Waals surface area contributed by atoms with Crippen LogP contribution in [0.25, 0.3) is 10.2 Å². The van der Waals surface area contributed by atoms with Crippen molar-refractivity contribution in [2.75, 3.05) is 5.75 Å². The number of carbonyl (C=O) groups is 3. The first-order valence-electron chi connectivity index (χ1n) is 10.2. The fourth-order valence-electron chi connectivity index (χ4n) is 3.75. The van der Waals surface area contributed by atoms with Crippen LogP contribution in [0.5, 0.6) is 0 Å². The lowest BCUT2D eigenvalue weighted by Gasteiger charge is -2.25. The molecule has 10 heteroatoms. The number of aromatic nitrogens is 2.